The third-order valence-corrected chi connectivity index (χ3v) is 3.40. The third kappa shape index (κ3) is 5.44. The van der Waals surface area contributed by atoms with Gasteiger partial charge >= 0.3 is 12.0 Å². The van der Waals surface area contributed by atoms with Crippen molar-refractivity contribution >= 4 is 12.0 Å². The molecule has 0 bridgehead atoms. The number of aliphatic carboxylic acids is 1. The fourth-order valence-electron chi connectivity index (χ4n) is 1.93. The van der Waals surface area contributed by atoms with E-state index in [4.69, 9.17) is 14.9 Å². The highest BCUT2D eigenvalue weighted by Gasteiger charge is 2.28. The van der Waals surface area contributed by atoms with Gasteiger partial charge in [-0.2, -0.15) is 0 Å². The minimum atomic E-state index is -1.15. The Kier molecular flexibility index (Phi) is 6.04. The van der Waals surface area contributed by atoms with Crippen LogP contribution in [0.4, 0.5) is 4.79 Å². The van der Waals surface area contributed by atoms with Gasteiger partial charge in [-0.1, -0.05) is 6.92 Å². The summed E-state index contributed by atoms with van der Waals surface area (Å²) in [7, 11) is 0. The molecule has 0 aromatic rings. The van der Waals surface area contributed by atoms with Gasteiger partial charge in [0.05, 0.1) is 0 Å². The molecular formula is C12H22N2O5. The van der Waals surface area contributed by atoms with Crippen LogP contribution in [-0.2, 0) is 9.53 Å². The average Bonchev–Trinajstić information content (AvgIpc) is 2.37. The summed E-state index contributed by atoms with van der Waals surface area (Å²) in [5.41, 5.74) is -0.00864. The molecule has 4 N–H and O–H groups in total. The topological polar surface area (TPSA) is 108 Å². The zero-order valence-electron chi connectivity index (χ0n) is 11.1. The SMILES string of the molecule is CC1(CNC(=O)N[C@H](CCO)C(=O)O)CCOCC1. The Bertz CT molecular complexity index is 315. The molecule has 1 atom stereocenters. The van der Waals surface area contributed by atoms with Crippen molar-refractivity contribution in [2.75, 3.05) is 26.4 Å². The van der Waals surface area contributed by atoms with Gasteiger partial charge in [0.1, 0.15) is 6.04 Å². The maximum Gasteiger partial charge on any atom is 0.326 e. The summed E-state index contributed by atoms with van der Waals surface area (Å²) in [4.78, 5) is 22.4. The summed E-state index contributed by atoms with van der Waals surface area (Å²) in [6, 6.07) is -1.58. The summed E-state index contributed by atoms with van der Waals surface area (Å²) < 4.78 is 5.27. The molecule has 0 aromatic carbocycles. The first-order valence-corrected chi connectivity index (χ1v) is 6.43. The molecule has 0 unspecified atom stereocenters. The van der Waals surface area contributed by atoms with Gasteiger partial charge in [-0.3, -0.25) is 0 Å². The Morgan fingerprint density at radius 3 is 2.53 bits per heavy atom. The fourth-order valence-corrected chi connectivity index (χ4v) is 1.93. The zero-order chi connectivity index (χ0) is 14.3. The van der Waals surface area contributed by atoms with Crippen LogP contribution in [0.15, 0.2) is 0 Å². The second-order valence-electron chi connectivity index (χ2n) is 5.15. The van der Waals surface area contributed by atoms with E-state index in [0.29, 0.717) is 19.8 Å². The van der Waals surface area contributed by atoms with Crippen molar-refractivity contribution in [1.82, 2.24) is 10.6 Å². The van der Waals surface area contributed by atoms with Crippen LogP contribution in [0, 0.1) is 5.41 Å². The van der Waals surface area contributed by atoms with E-state index in [1.165, 1.54) is 0 Å². The molecule has 0 aliphatic carbocycles. The molecule has 0 radical (unpaired) electrons. The van der Waals surface area contributed by atoms with Crippen molar-refractivity contribution in [3.8, 4) is 0 Å². The molecule has 110 valence electrons. The Hall–Kier alpha value is -1.34. The summed E-state index contributed by atoms with van der Waals surface area (Å²) in [5.74, 6) is -1.15. The number of aliphatic hydroxyl groups is 1. The number of urea groups is 1. The number of ether oxygens (including phenoxy) is 1. The third-order valence-electron chi connectivity index (χ3n) is 3.40. The molecular weight excluding hydrogens is 252 g/mol. The highest BCUT2D eigenvalue weighted by molar-refractivity contribution is 5.82. The van der Waals surface area contributed by atoms with Crippen LogP contribution in [0.25, 0.3) is 0 Å². The lowest BCUT2D eigenvalue weighted by Gasteiger charge is -2.33. The number of carboxylic acid groups (broad SMARTS) is 1. The van der Waals surface area contributed by atoms with E-state index >= 15 is 0 Å². The van der Waals surface area contributed by atoms with Crippen LogP contribution in [0.1, 0.15) is 26.2 Å². The van der Waals surface area contributed by atoms with E-state index in [1.54, 1.807) is 0 Å². The number of carbonyl (C=O) groups is 2. The summed E-state index contributed by atoms with van der Waals surface area (Å²) in [6.45, 7) is 3.63. The van der Waals surface area contributed by atoms with Crippen LogP contribution in [0.5, 0.6) is 0 Å². The van der Waals surface area contributed by atoms with Crippen LogP contribution in [0.2, 0.25) is 0 Å². The van der Waals surface area contributed by atoms with Crippen molar-refractivity contribution in [2.45, 2.75) is 32.2 Å². The van der Waals surface area contributed by atoms with E-state index < -0.39 is 18.0 Å². The Morgan fingerprint density at radius 2 is 2.00 bits per heavy atom. The zero-order valence-corrected chi connectivity index (χ0v) is 11.1. The number of aliphatic hydroxyl groups excluding tert-OH is 1. The second-order valence-corrected chi connectivity index (χ2v) is 5.15. The van der Waals surface area contributed by atoms with Crippen LogP contribution < -0.4 is 10.6 Å². The molecule has 1 saturated heterocycles. The Balaban J connectivity index is 2.35. The van der Waals surface area contributed by atoms with Crippen molar-refractivity contribution < 1.29 is 24.5 Å². The van der Waals surface area contributed by atoms with Crippen LogP contribution >= 0.6 is 0 Å². The highest BCUT2D eigenvalue weighted by atomic mass is 16.5. The monoisotopic (exact) mass is 274 g/mol. The standard InChI is InChI=1S/C12H22N2O5/c1-12(3-6-19-7-4-12)8-13-11(18)14-9(2-5-15)10(16)17/h9,15H,2-8H2,1H3,(H,16,17)(H2,13,14,18)/t9-/m1/s1. The normalized spacial score (nSPS) is 19.5. The van der Waals surface area contributed by atoms with Crippen molar-refractivity contribution in [3.05, 3.63) is 0 Å². The summed E-state index contributed by atoms with van der Waals surface area (Å²) >= 11 is 0. The Morgan fingerprint density at radius 1 is 1.37 bits per heavy atom. The van der Waals surface area contributed by atoms with Crippen molar-refractivity contribution in [2.24, 2.45) is 5.41 Å². The molecule has 2 amide bonds. The largest absolute Gasteiger partial charge is 0.480 e. The molecule has 1 fully saturated rings. The van der Waals surface area contributed by atoms with Crippen LogP contribution in [-0.4, -0.2) is 54.6 Å². The summed E-state index contributed by atoms with van der Waals surface area (Å²) in [6.07, 6.45) is 1.73. The molecule has 1 rings (SSSR count). The number of amides is 2. The number of rotatable bonds is 6. The number of hydrogen-bond donors (Lipinski definition) is 4. The van der Waals surface area contributed by atoms with E-state index in [2.05, 4.69) is 17.6 Å². The molecule has 7 heteroatoms. The lowest BCUT2D eigenvalue weighted by atomic mass is 9.82. The predicted octanol–water partition coefficient (Wildman–Crippen LogP) is -0.0621. The molecule has 1 heterocycles. The summed E-state index contributed by atoms with van der Waals surface area (Å²) in [5, 5.41) is 22.6. The van der Waals surface area contributed by atoms with E-state index in [9.17, 15) is 9.59 Å². The highest BCUT2D eigenvalue weighted by Crippen LogP contribution is 2.28. The number of carbonyl (C=O) groups excluding carboxylic acids is 1. The predicted molar refractivity (Wildman–Crippen MR) is 67.8 cm³/mol. The number of carboxylic acids is 1. The van der Waals surface area contributed by atoms with Gasteiger partial charge in [0.25, 0.3) is 0 Å². The molecule has 7 nitrogen and oxygen atoms in total. The average molecular weight is 274 g/mol. The fraction of sp³-hybridized carbons (Fsp3) is 0.833. The van der Waals surface area contributed by atoms with E-state index in [0.717, 1.165) is 12.8 Å². The second kappa shape index (κ2) is 7.30. The Labute approximate surface area is 112 Å². The first-order chi connectivity index (χ1) is 8.97. The molecule has 0 saturated carbocycles. The smallest absolute Gasteiger partial charge is 0.326 e. The molecule has 1 aliphatic heterocycles. The number of nitrogens with one attached hydrogen (secondary N) is 2. The molecule has 19 heavy (non-hydrogen) atoms. The lowest BCUT2D eigenvalue weighted by molar-refractivity contribution is -0.139. The van der Waals surface area contributed by atoms with Gasteiger partial charge in [-0.15, -0.1) is 0 Å². The molecule has 0 spiro atoms. The maximum atomic E-state index is 11.6. The molecule has 0 aromatic heterocycles. The van der Waals surface area contributed by atoms with Gasteiger partial charge in [0.15, 0.2) is 0 Å². The van der Waals surface area contributed by atoms with E-state index in [-0.39, 0.29) is 18.4 Å². The molecule has 1 aliphatic rings. The quantitative estimate of drug-likeness (QED) is 0.542. The maximum absolute atomic E-state index is 11.6. The first-order valence-electron chi connectivity index (χ1n) is 6.43. The lowest BCUT2D eigenvalue weighted by Crippen LogP contribution is -2.49. The van der Waals surface area contributed by atoms with Gasteiger partial charge in [0.2, 0.25) is 0 Å². The van der Waals surface area contributed by atoms with Gasteiger partial charge < -0.3 is 25.6 Å². The van der Waals surface area contributed by atoms with E-state index in [1.807, 2.05) is 0 Å². The van der Waals surface area contributed by atoms with Crippen LogP contribution in [0.3, 0.4) is 0 Å². The minimum Gasteiger partial charge on any atom is -0.480 e. The minimum absolute atomic E-state index is 0.00609. The van der Waals surface area contributed by atoms with Gasteiger partial charge in [-0.05, 0) is 18.3 Å². The number of hydrogen-bond acceptors (Lipinski definition) is 4. The van der Waals surface area contributed by atoms with Gasteiger partial charge in [-0.25, -0.2) is 9.59 Å². The van der Waals surface area contributed by atoms with Gasteiger partial charge in [0, 0.05) is 32.8 Å². The van der Waals surface area contributed by atoms with Crippen molar-refractivity contribution in [1.29, 1.82) is 0 Å². The van der Waals surface area contributed by atoms with Crippen molar-refractivity contribution in [3.63, 3.8) is 0 Å². The first kappa shape index (κ1) is 15.7.